The van der Waals surface area contributed by atoms with Crippen molar-refractivity contribution in [2.24, 2.45) is 5.73 Å². The van der Waals surface area contributed by atoms with Crippen LogP contribution in [-0.2, 0) is 16.1 Å². The van der Waals surface area contributed by atoms with Gasteiger partial charge in [0.05, 0.1) is 13.1 Å². The minimum atomic E-state index is -0.292. The Balaban J connectivity index is 0.00000338. The Morgan fingerprint density at radius 2 is 1.96 bits per heavy atom. The Morgan fingerprint density at radius 3 is 2.59 bits per heavy atom. The van der Waals surface area contributed by atoms with Gasteiger partial charge in [0.1, 0.15) is 0 Å². The third-order valence-electron chi connectivity index (χ3n) is 4.58. The molecule has 1 fully saturated rings. The summed E-state index contributed by atoms with van der Waals surface area (Å²) in [7, 11) is 0. The number of carbonyl (C=O) groups excluding carboxylic acids is 2. The summed E-state index contributed by atoms with van der Waals surface area (Å²) in [4.78, 5) is 28.2. The molecule has 2 rings (SSSR count). The van der Waals surface area contributed by atoms with E-state index in [1.807, 2.05) is 11.0 Å². The van der Waals surface area contributed by atoms with E-state index in [9.17, 15) is 9.59 Å². The van der Waals surface area contributed by atoms with E-state index in [1.165, 1.54) is 5.56 Å². The summed E-state index contributed by atoms with van der Waals surface area (Å²) in [6.45, 7) is 5.59. The van der Waals surface area contributed by atoms with Crippen LogP contribution in [0.15, 0.2) is 30.3 Å². The zero-order valence-corrected chi connectivity index (χ0v) is 17.6. The zero-order chi connectivity index (χ0) is 18.1. The van der Waals surface area contributed by atoms with E-state index < -0.39 is 0 Å². The van der Waals surface area contributed by atoms with Crippen molar-refractivity contribution in [1.29, 1.82) is 0 Å². The first-order valence-electron chi connectivity index (χ1n) is 9.16. The lowest BCUT2D eigenvalue weighted by Gasteiger charge is -2.39. The van der Waals surface area contributed by atoms with Crippen LogP contribution in [-0.4, -0.2) is 60.4 Å². The van der Waals surface area contributed by atoms with Gasteiger partial charge in [-0.1, -0.05) is 37.3 Å². The van der Waals surface area contributed by atoms with Gasteiger partial charge in [0.15, 0.2) is 0 Å². The molecule has 154 valence electrons. The molecule has 0 saturated carbocycles. The SMILES string of the molecule is CCCN(C(=O)CNC(=O)CN)C1CCCN(Cc2ccccc2)C1.Cl.Cl. The molecule has 8 heteroatoms. The van der Waals surface area contributed by atoms with Gasteiger partial charge in [-0.05, 0) is 31.4 Å². The lowest BCUT2D eigenvalue weighted by molar-refractivity contribution is -0.135. The quantitative estimate of drug-likeness (QED) is 0.674. The van der Waals surface area contributed by atoms with Crippen molar-refractivity contribution in [2.45, 2.75) is 38.8 Å². The maximum Gasteiger partial charge on any atom is 0.242 e. The van der Waals surface area contributed by atoms with Crippen LogP contribution < -0.4 is 11.1 Å². The highest BCUT2D eigenvalue weighted by atomic mass is 35.5. The lowest BCUT2D eigenvalue weighted by atomic mass is 10.0. The highest BCUT2D eigenvalue weighted by molar-refractivity contribution is 5.86. The van der Waals surface area contributed by atoms with Crippen molar-refractivity contribution in [1.82, 2.24) is 15.1 Å². The summed E-state index contributed by atoms with van der Waals surface area (Å²) in [6, 6.07) is 10.6. The third kappa shape index (κ3) is 8.47. The van der Waals surface area contributed by atoms with Crippen LogP contribution in [0.25, 0.3) is 0 Å². The number of nitrogens with zero attached hydrogens (tertiary/aromatic N) is 2. The van der Waals surface area contributed by atoms with E-state index in [-0.39, 0.29) is 55.8 Å². The van der Waals surface area contributed by atoms with Crippen LogP contribution in [0.2, 0.25) is 0 Å². The number of nitrogens with two attached hydrogens (primary N) is 1. The highest BCUT2D eigenvalue weighted by Crippen LogP contribution is 2.18. The van der Waals surface area contributed by atoms with E-state index >= 15 is 0 Å². The average Bonchev–Trinajstić information content (AvgIpc) is 2.65. The van der Waals surface area contributed by atoms with Crippen LogP contribution in [0.3, 0.4) is 0 Å². The van der Waals surface area contributed by atoms with E-state index in [0.29, 0.717) is 0 Å². The van der Waals surface area contributed by atoms with Crippen molar-refractivity contribution in [3.8, 4) is 0 Å². The first kappa shape index (κ1) is 25.7. The molecule has 0 bridgehead atoms. The number of piperidine rings is 1. The predicted octanol–water partition coefficient (Wildman–Crippen LogP) is 1.81. The minimum absolute atomic E-state index is 0. The summed E-state index contributed by atoms with van der Waals surface area (Å²) in [6.07, 6.45) is 3.01. The summed E-state index contributed by atoms with van der Waals surface area (Å²) in [5.41, 5.74) is 6.58. The van der Waals surface area contributed by atoms with Gasteiger partial charge in [-0.2, -0.15) is 0 Å². The van der Waals surface area contributed by atoms with Crippen LogP contribution in [0.1, 0.15) is 31.7 Å². The zero-order valence-electron chi connectivity index (χ0n) is 15.9. The van der Waals surface area contributed by atoms with Gasteiger partial charge in [-0.15, -0.1) is 24.8 Å². The maximum atomic E-state index is 12.6. The second-order valence-corrected chi connectivity index (χ2v) is 6.58. The van der Waals surface area contributed by atoms with Gasteiger partial charge in [0.25, 0.3) is 0 Å². The highest BCUT2D eigenvalue weighted by Gasteiger charge is 2.28. The predicted molar refractivity (Wildman–Crippen MR) is 113 cm³/mol. The number of hydrogen-bond acceptors (Lipinski definition) is 4. The molecular formula is C19H32Cl2N4O2. The van der Waals surface area contributed by atoms with Crippen molar-refractivity contribution < 1.29 is 9.59 Å². The smallest absolute Gasteiger partial charge is 0.242 e. The summed E-state index contributed by atoms with van der Waals surface area (Å²) < 4.78 is 0. The number of rotatable bonds is 8. The van der Waals surface area contributed by atoms with E-state index in [2.05, 4.69) is 41.4 Å². The second-order valence-electron chi connectivity index (χ2n) is 6.58. The molecule has 0 spiro atoms. The molecule has 0 aromatic heterocycles. The summed E-state index contributed by atoms with van der Waals surface area (Å²) in [5, 5.41) is 2.59. The largest absolute Gasteiger partial charge is 0.346 e. The molecule has 1 aromatic carbocycles. The van der Waals surface area contributed by atoms with Crippen LogP contribution in [0.5, 0.6) is 0 Å². The molecule has 0 aliphatic carbocycles. The molecule has 27 heavy (non-hydrogen) atoms. The maximum absolute atomic E-state index is 12.6. The summed E-state index contributed by atoms with van der Waals surface area (Å²) in [5.74, 6) is -0.311. The Kier molecular flexibility index (Phi) is 13.1. The van der Waals surface area contributed by atoms with Gasteiger partial charge < -0.3 is 16.0 Å². The van der Waals surface area contributed by atoms with E-state index in [0.717, 1.165) is 45.4 Å². The standard InChI is InChI=1S/C19H30N4O2.2ClH/c1-2-10-23(19(25)13-21-18(24)12-20)17-9-6-11-22(15-17)14-16-7-4-3-5-8-16;;/h3-5,7-8,17H,2,6,9-15,20H2,1H3,(H,21,24);2*1H. The fraction of sp³-hybridized carbons (Fsp3) is 0.579. The van der Waals surface area contributed by atoms with Gasteiger partial charge >= 0.3 is 0 Å². The number of likely N-dealkylation sites (tertiary alicyclic amines) is 1. The molecule has 3 N–H and O–H groups in total. The molecule has 1 aliphatic rings. The molecule has 1 aromatic rings. The average molecular weight is 419 g/mol. The molecule has 1 atom stereocenters. The number of nitrogens with one attached hydrogen (secondary N) is 1. The number of carbonyl (C=O) groups is 2. The first-order valence-corrected chi connectivity index (χ1v) is 9.16. The molecular weight excluding hydrogens is 387 g/mol. The van der Waals surface area contributed by atoms with Crippen LogP contribution in [0.4, 0.5) is 0 Å². The Bertz CT molecular complexity index is 560. The van der Waals surface area contributed by atoms with Gasteiger partial charge in [-0.3, -0.25) is 14.5 Å². The van der Waals surface area contributed by atoms with Gasteiger partial charge in [-0.25, -0.2) is 0 Å². The van der Waals surface area contributed by atoms with Gasteiger partial charge in [0, 0.05) is 25.7 Å². The molecule has 6 nitrogen and oxygen atoms in total. The van der Waals surface area contributed by atoms with Crippen molar-refractivity contribution >= 4 is 36.6 Å². The number of hydrogen-bond donors (Lipinski definition) is 2. The molecule has 0 radical (unpaired) electrons. The Hall–Kier alpha value is -1.34. The number of benzene rings is 1. The van der Waals surface area contributed by atoms with Gasteiger partial charge in [0.2, 0.25) is 11.8 Å². The van der Waals surface area contributed by atoms with Crippen molar-refractivity contribution in [3.05, 3.63) is 35.9 Å². The first-order chi connectivity index (χ1) is 12.1. The van der Waals surface area contributed by atoms with E-state index in [1.54, 1.807) is 0 Å². The Labute approximate surface area is 174 Å². The topological polar surface area (TPSA) is 78.7 Å². The molecule has 1 heterocycles. The molecule has 1 unspecified atom stereocenters. The minimum Gasteiger partial charge on any atom is -0.346 e. The number of halogens is 2. The molecule has 1 saturated heterocycles. The lowest BCUT2D eigenvalue weighted by Crippen LogP contribution is -2.52. The molecule has 1 aliphatic heterocycles. The van der Waals surface area contributed by atoms with Crippen LogP contribution in [0, 0.1) is 0 Å². The number of amides is 2. The van der Waals surface area contributed by atoms with Crippen molar-refractivity contribution in [2.75, 3.05) is 32.7 Å². The summed E-state index contributed by atoms with van der Waals surface area (Å²) >= 11 is 0. The second kappa shape index (κ2) is 13.8. The Morgan fingerprint density at radius 1 is 1.26 bits per heavy atom. The fourth-order valence-electron chi connectivity index (χ4n) is 3.37. The van der Waals surface area contributed by atoms with Crippen LogP contribution >= 0.6 is 24.8 Å². The third-order valence-corrected chi connectivity index (χ3v) is 4.58. The monoisotopic (exact) mass is 418 g/mol. The normalized spacial score (nSPS) is 16.6. The molecule has 2 amide bonds. The fourth-order valence-corrected chi connectivity index (χ4v) is 3.37. The van der Waals surface area contributed by atoms with E-state index in [4.69, 9.17) is 5.73 Å². The van der Waals surface area contributed by atoms with Crippen molar-refractivity contribution in [3.63, 3.8) is 0 Å².